The highest BCUT2D eigenvalue weighted by molar-refractivity contribution is 7.99. The van der Waals surface area contributed by atoms with Gasteiger partial charge in [0.1, 0.15) is 0 Å². The standard InChI is InChI=1S/C10H19NO2S/c1-2-13-10(12)5-7-14-9-4-3-6-11-8-9/h9,11H,2-8H2,1H3. The van der Waals surface area contributed by atoms with Crippen molar-refractivity contribution in [2.45, 2.75) is 31.4 Å². The molecule has 1 N–H and O–H groups in total. The lowest BCUT2D eigenvalue weighted by Gasteiger charge is -2.21. The molecule has 0 aromatic heterocycles. The Morgan fingerprint density at radius 1 is 1.64 bits per heavy atom. The molecule has 14 heavy (non-hydrogen) atoms. The van der Waals surface area contributed by atoms with E-state index in [9.17, 15) is 4.79 Å². The first-order valence-electron chi connectivity index (χ1n) is 5.31. The van der Waals surface area contributed by atoms with Crippen LogP contribution in [0, 0.1) is 0 Å². The van der Waals surface area contributed by atoms with E-state index in [2.05, 4.69) is 5.32 Å². The van der Waals surface area contributed by atoms with Crippen molar-refractivity contribution in [2.75, 3.05) is 25.4 Å². The summed E-state index contributed by atoms with van der Waals surface area (Å²) in [5.74, 6) is 0.828. The fraction of sp³-hybridized carbons (Fsp3) is 0.900. The number of ether oxygens (including phenoxy) is 1. The summed E-state index contributed by atoms with van der Waals surface area (Å²) < 4.78 is 4.86. The third-order valence-electron chi connectivity index (χ3n) is 2.22. The van der Waals surface area contributed by atoms with Crippen LogP contribution >= 0.6 is 11.8 Å². The molecule has 0 spiro atoms. The molecule has 1 unspecified atom stereocenters. The Hall–Kier alpha value is -0.220. The van der Waals surface area contributed by atoms with Gasteiger partial charge in [0.05, 0.1) is 13.0 Å². The summed E-state index contributed by atoms with van der Waals surface area (Å²) in [6, 6.07) is 0. The van der Waals surface area contributed by atoms with Gasteiger partial charge in [-0.25, -0.2) is 0 Å². The van der Waals surface area contributed by atoms with Crippen molar-refractivity contribution in [1.29, 1.82) is 0 Å². The second kappa shape index (κ2) is 7.12. The maximum absolute atomic E-state index is 11.0. The number of nitrogens with one attached hydrogen (secondary N) is 1. The van der Waals surface area contributed by atoms with Crippen molar-refractivity contribution >= 4 is 17.7 Å². The van der Waals surface area contributed by atoms with E-state index in [-0.39, 0.29) is 5.97 Å². The monoisotopic (exact) mass is 217 g/mol. The Kier molecular flexibility index (Phi) is 6.03. The third-order valence-corrected chi connectivity index (χ3v) is 3.53. The zero-order valence-corrected chi connectivity index (χ0v) is 9.57. The average Bonchev–Trinajstić information content (AvgIpc) is 2.20. The van der Waals surface area contributed by atoms with E-state index in [0.717, 1.165) is 18.8 Å². The van der Waals surface area contributed by atoms with E-state index >= 15 is 0 Å². The molecule has 1 atom stereocenters. The van der Waals surface area contributed by atoms with Gasteiger partial charge in [-0.15, -0.1) is 0 Å². The van der Waals surface area contributed by atoms with Crippen LogP contribution in [-0.2, 0) is 9.53 Å². The molecule has 0 aromatic carbocycles. The summed E-state index contributed by atoms with van der Waals surface area (Å²) in [5, 5.41) is 4.05. The van der Waals surface area contributed by atoms with Crippen molar-refractivity contribution in [1.82, 2.24) is 5.32 Å². The van der Waals surface area contributed by atoms with Crippen molar-refractivity contribution < 1.29 is 9.53 Å². The van der Waals surface area contributed by atoms with Crippen LogP contribution in [0.5, 0.6) is 0 Å². The van der Waals surface area contributed by atoms with Gasteiger partial charge in [-0.2, -0.15) is 11.8 Å². The normalized spacial score (nSPS) is 21.9. The average molecular weight is 217 g/mol. The van der Waals surface area contributed by atoms with Gasteiger partial charge in [0.2, 0.25) is 0 Å². The third kappa shape index (κ3) is 4.86. The minimum Gasteiger partial charge on any atom is -0.466 e. The maximum Gasteiger partial charge on any atom is 0.306 e. The Bertz CT molecular complexity index is 170. The number of carbonyl (C=O) groups is 1. The van der Waals surface area contributed by atoms with Crippen molar-refractivity contribution in [3.63, 3.8) is 0 Å². The highest BCUT2D eigenvalue weighted by Crippen LogP contribution is 2.19. The predicted molar refractivity (Wildman–Crippen MR) is 59.6 cm³/mol. The van der Waals surface area contributed by atoms with E-state index in [1.807, 2.05) is 18.7 Å². The zero-order chi connectivity index (χ0) is 10.2. The molecule has 0 saturated carbocycles. The van der Waals surface area contributed by atoms with Gasteiger partial charge >= 0.3 is 5.97 Å². The fourth-order valence-corrected chi connectivity index (χ4v) is 2.69. The molecule has 1 saturated heterocycles. The summed E-state index contributed by atoms with van der Waals surface area (Å²) in [6.45, 7) is 4.58. The summed E-state index contributed by atoms with van der Waals surface area (Å²) in [4.78, 5) is 11.0. The van der Waals surface area contributed by atoms with Crippen molar-refractivity contribution in [2.24, 2.45) is 0 Å². The molecule has 82 valence electrons. The molecular weight excluding hydrogens is 198 g/mol. The number of esters is 1. The lowest BCUT2D eigenvalue weighted by Crippen LogP contribution is -2.31. The van der Waals surface area contributed by atoms with Gasteiger partial charge in [-0.05, 0) is 26.3 Å². The predicted octanol–water partition coefficient (Wildman–Crippen LogP) is 1.42. The smallest absolute Gasteiger partial charge is 0.306 e. The molecular formula is C10H19NO2S. The Labute approximate surface area is 90.0 Å². The van der Waals surface area contributed by atoms with E-state index in [1.54, 1.807) is 0 Å². The molecule has 1 heterocycles. The van der Waals surface area contributed by atoms with Gasteiger partial charge in [0.25, 0.3) is 0 Å². The van der Waals surface area contributed by atoms with E-state index < -0.39 is 0 Å². The minimum absolute atomic E-state index is 0.0660. The molecule has 1 aliphatic rings. The SMILES string of the molecule is CCOC(=O)CCSC1CCCNC1. The first-order chi connectivity index (χ1) is 6.83. The van der Waals surface area contributed by atoms with Crippen LogP contribution in [0.1, 0.15) is 26.2 Å². The van der Waals surface area contributed by atoms with Crippen LogP contribution in [0.4, 0.5) is 0 Å². The van der Waals surface area contributed by atoms with Crippen LogP contribution in [0.25, 0.3) is 0 Å². The van der Waals surface area contributed by atoms with E-state index in [1.165, 1.54) is 12.8 Å². The molecule has 0 amide bonds. The van der Waals surface area contributed by atoms with Gasteiger partial charge in [-0.3, -0.25) is 4.79 Å². The number of carbonyl (C=O) groups excluding carboxylic acids is 1. The molecule has 0 radical (unpaired) electrons. The Morgan fingerprint density at radius 3 is 3.14 bits per heavy atom. The number of thioether (sulfide) groups is 1. The largest absolute Gasteiger partial charge is 0.466 e. The van der Waals surface area contributed by atoms with Gasteiger partial charge in [0.15, 0.2) is 0 Å². The molecule has 3 nitrogen and oxygen atoms in total. The molecule has 0 aromatic rings. The number of hydrogen-bond donors (Lipinski definition) is 1. The molecule has 1 fully saturated rings. The highest BCUT2D eigenvalue weighted by atomic mass is 32.2. The van der Waals surface area contributed by atoms with Gasteiger partial charge in [-0.1, -0.05) is 0 Å². The van der Waals surface area contributed by atoms with Crippen LogP contribution < -0.4 is 5.32 Å². The number of hydrogen-bond acceptors (Lipinski definition) is 4. The quantitative estimate of drug-likeness (QED) is 0.707. The van der Waals surface area contributed by atoms with Gasteiger partial charge in [0, 0.05) is 17.5 Å². The first kappa shape index (κ1) is 11.9. The number of piperidine rings is 1. The van der Waals surface area contributed by atoms with Crippen LogP contribution in [-0.4, -0.2) is 36.7 Å². The van der Waals surface area contributed by atoms with Crippen molar-refractivity contribution in [3.05, 3.63) is 0 Å². The van der Waals surface area contributed by atoms with Gasteiger partial charge < -0.3 is 10.1 Å². The highest BCUT2D eigenvalue weighted by Gasteiger charge is 2.13. The molecule has 4 heteroatoms. The fourth-order valence-electron chi connectivity index (χ4n) is 1.50. The molecule has 1 aliphatic heterocycles. The molecule has 0 aliphatic carbocycles. The first-order valence-corrected chi connectivity index (χ1v) is 6.35. The molecule has 1 rings (SSSR count). The summed E-state index contributed by atoms with van der Waals surface area (Å²) >= 11 is 1.89. The lowest BCUT2D eigenvalue weighted by atomic mass is 10.2. The van der Waals surface area contributed by atoms with E-state index in [0.29, 0.717) is 18.3 Å². The minimum atomic E-state index is -0.0660. The molecule has 0 bridgehead atoms. The summed E-state index contributed by atoms with van der Waals surface area (Å²) in [7, 11) is 0. The summed E-state index contributed by atoms with van der Waals surface area (Å²) in [6.07, 6.45) is 3.09. The summed E-state index contributed by atoms with van der Waals surface area (Å²) in [5.41, 5.74) is 0. The van der Waals surface area contributed by atoms with Crippen molar-refractivity contribution in [3.8, 4) is 0 Å². The lowest BCUT2D eigenvalue weighted by molar-refractivity contribution is -0.142. The maximum atomic E-state index is 11.0. The Balaban J connectivity index is 1.99. The Morgan fingerprint density at radius 2 is 2.50 bits per heavy atom. The second-order valence-electron chi connectivity index (χ2n) is 3.39. The topological polar surface area (TPSA) is 38.3 Å². The second-order valence-corrected chi connectivity index (χ2v) is 4.80. The van der Waals surface area contributed by atoms with Crippen LogP contribution in [0.2, 0.25) is 0 Å². The van der Waals surface area contributed by atoms with Crippen LogP contribution in [0.15, 0.2) is 0 Å². The number of rotatable bonds is 5. The zero-order valence-electron chi connectivity index (χ0n) is 8.75. The van der Waals surface area contributed by atoms with E-state index in [4.69, 9.17) is 4.74 Å². The van der Waals surface area contributed by atoms with Crippen LogP contribution in [0.3, 0.4) is 0 Å².